The first-order valence-electron chi connectivity index (χ1n) is 10.6. The third-order valence-corrected chi connectivity index (χ3v) is 6.53. The van der Waals surface area contributed by atoms with Crippen molar-refractivity contribution in [2.24, 2.45) is 12.5 Å². The number of imidazole rings is 1. The van der Waals surface area contributed by atoms with Gasteiger partial charge in [-0.25, -0.2) is 14.2 Å². The van der Waals surface area contributed by atoms with E-state index in [9.17, 15) is 14.4 Å². The van der Waals surface area contributed by atoms with E-state index in [1.807, 2.05) is 11.8 Å². The first kappa shape index (κ1) is 21.2. The van der Waals surface area contributed by atoms with E-state index < -0.39 is 41.2 Å². The minimum Gasteiger partial charge on any atom is -0.372 e. The summed E-state index contributed by atoms with van der Waals surface area (Å²) in [5, 5.41) is 4.47. The lowest BCUT2D eigenvalue weighted by atomic mass is 9.66. The molecule has 2 N–H and O–H groups in total. The maximum absolute atomic E-state index is 15.1. The van der Waals surface area contributed by atoms with E-state index in [4.69, 9.17) is 4.74 Å². The number of nitrogens with one attached hydrogen (secondary N) is 2. The second-order valence-electron chi connectivity index (χ2n) is 8.71. The average Bonchev–Trinajstić information content (AvgIpc) is 3.15. The van der Waals surface area contributed by atoms with Crippen LogP contribution in [0.5, 0.6) is 0 Å². The van der Waals surface area contributed by atoms with Crippen molar-refractivity contribution in [1.82, 2.24) is 20.2 Å². The van der Waals surface area contributed by atoms with Crippen molar-refractivity contribution in [3.05, 3.63) is 47.3 Å². The Morgan fingerprint density at radius 3 is 2.58 bits per heavy atom. The Bertz CT molecular complexity index is 1240. The normalized spacial score (nSPS) is 25.5. The number of carbonyl (C=O) groups excluding carboxylic acids is 3. The van der Waals surface area contributed by atoms with Crippen molar-refractivity contribution in [2.45, 2.75) is 38.5 Å². The molecule has 0 saturated carbocycles. The van der Waals surface area contributed by atoms with Crippen LogP contribution in [0.1, 0.15) is 30.8 Å². The van der Waals surface area contributed by atoms with Crippen LogP contribution in [0.2, 0.25) is 0 Å². The zero-order valence-electron chi connectivity index (χ0n) is 18.3. The molecule has 0 aliphatic carbocycles. The molecule has 10 heteroatoms. The Labute approximate surface area is 189 Å². The summed E-state index contributed by atoms with van der Waals surface area (Å²) < 4.78 is 22.8. The van der Waals surface area contributed by atoms with Crippen LogP contribution in [0, 0.1) is 23.1 Å². The zero-order valence-corrected chi connectivity index (χ0v) is 18.3. The molecule has 9 nitrogen and oxygen atoms in total. The van der Waals surface area contributed by atoms with Crippen LogP contribution in [-0.2, 0) is 27.8 Å². The lowest BCUT2D eigenvalue weighted by Crippen LogP contribution is -2.75. The fraction of sp³-hybridized carbons (Fsp3) is 0.391. The van der Waals surface area contributed by atoms with E-state index in [1.54, 1.807) is 37.0 Å². The van der Waals surface area contributed by atoms with Crippen LogP contribution < -0.4 is 15.5 Å². The zero-order chi connectivity index (χ0) is 23.5. The number of nitrogens with zero attached hydrogens (tertiary/aromatic N) is 3. The molecule has 1 aromatic carbocycles. The molecule has 1 aromatic heterocycles. The van der Waals surface area contributed by atoms with Gasteiger partial charge in [-0.15, -0.1) is 0 Å². The molecule has 2 aromatic rings. The largest absolute Gasteiger partial charge is 0.372 e. The van der Waals surface area contributed by atoms with Gasteiger partial charge in [-0.1, -0.05) is 5.92 Å². The summed E-state index contributed by atoms with van der Waals surface area (Å²) in [5.74, 6) is 4.25. The fourth-order valence-corrected chi connectivity index (χ4v) is 5.16. The number of benzene rings is 1. The number of ether oxygens (including phenoxy) is 1. The SMILES string of the molecule is C[C@@H]1CN2c3cc(F)c(C#Cc4nccn4C)cc3CC3(C(=O)NC(=O)NC3=O)[C@H]2[C@H](C)O1. The van der Waals surface area contributed by atoms with Gasteiger partial charge < -0.3 is 14.2 Å². The number of fused-ring (bicyclic) bond motifs is 4. The highest BCUT2D eigenvalue weighted by molar-refractivity contribution is 6.20. The molecule has 33 heavy (non-hydrogen) atoms. The van der Waals surface area contributed by atoms with E-state index in [0.29, 0.717) is 23.6 Å². The van der Waals surface area contributed by atoms with Crippen LogP contribution in [0.4, 0.5) is 14.9 Å². The third kappa shape index (κ3) is 3.19. The molecule has 2 fully saturated rings. The third-order valence-electron chi connectivity index (χ3n) is 6.53. The van der Waals surface area contributed by atoms with E-state index >= 15 is 4.39 Å². The quantitative estimate of drug-likeness (QED) is 0.455. The van der Waals surface area contributed by atoms with Crippen LogP contribution >= 0.6 is 0 Å². The predicted octanol–water partition coefficient (Wildman–Crippen LogP) is 0.850. The van der Waals surface area contributed by atoms with Gasteiger partial charge in [0, 0.05) is 31.7 Å². The second-order valence-corrected chi connectivity index (χ2v) is 8.71. The number of barbiturate groups is 1. The maximum Gasteiger partial charge on any atom is 0.328 e. The van der Waals surface area contributed by atoms with Gasteiger partial charge in [0.05, 0.1) is 23.8 Å². The average molecular weight is 451 g/mol. The number of hydrogen-bond acceptors (Lipinski definition) is 6. The van der Waals surface area contributed by atoms with Gasteiger partial charge in [-0.3, -0.25) is 20.2 Å². The Hall–Kier alpha value is -3.71. The molecule has 170 valence electrons. The number of urea groups is 1. The first-order chi connectivity index (χ1) is 15.7. The van der Waals surface area contributed by atoms with Gasteiger partial charge in [0.1, 0.15) is 5.82 Å². The molecule has 3 aliphatic heterocycles. The minimum absolute atomic E-state index is 0.0199. The van der Waals surface area contributed by atoms with Crippen molar-refractivity contribution in [2.75, 3.05) is 11.4 Å². The van der Waals surface area contributed by atoms with Crippen molar-refractivity contribution < 1.29 is 23.5 Å². The smallest absolute Gasteiger partial charge is 0.328 e. The first-order valence-corrected chi connectivity index (χ1v) is 10.6. The molecule has 4 heterocycles. The number of carbonyl (C=O) groups is 3. The number of anilines is 1. The van der Waals surface area contributed by atoms with Gasteiger partial charge in [0.15, 0.2) is 11.2 Å². The van der Waals surface area contributed by atoms with Crippen molar-refractivity contribution in [3.63, 3.8) is 0 Å². The van der Waals surface area contributed by atoms with Crippen molar-refractivity contribution >= 4 is 23.5 Å². The summed E-state index contributed by atoms with van der Waals surface area (Å²) >= 11 is 0. The number of morpholine rings is 1. The molecular weight excluding hydrogens is 429 g/mol. The lowest BCUT2D eigenvalue weighted by molar-refractivity contribution is -0.153. The van der Waals surface area contributed by atoms with E-state index in [2.05, 4.69) is 27.5 Å². The molecule has 2 saturated heterocycles. The number of rotatable bonds is 0. The van der Waals surface area contributed by atoms with Gasteiger partial charge in [0.2, 0.25) is 11.8 Å². The summed E-state index contributed by atoms with van der Waals surface area (Å²) in [4.78, 5) is 44.1. The molecule has 1 spiro atoms. The van der Waals surface area contributed by atoms with Crippen LogP contribution in [0.25, 0.3) is 0 Å². The molecule has 0 unspecified atom stereocenters. The van der Waals surface area contributed by atoms with Gasteiger partial charge in [-0.05, 0) is 43.9 Å². The summed E-state index contributed by atoms with van der Waals surface area (Å²) in [7, 11) is 1.78. The van der Waals surface area contributed by atoms with Crippen LogP contribution in [0.3, 0.4) is 0 Å². The van der Waals surface area contributed by atoms with E-state index in [0.717, 1.165) is 0 Å². The molecule has 0 bridgehead atoms. The predicted molar refractivity (Wildman–Crippen MR) is 115 cm³/mol. The molecule has 3 aliphatic rings. The molecule has 3 atom stereocenters. The number of amides is 4. The van der Waals surface area contributed by atoms with E-state index in [1.165, 1.54) is 6.07 Å². The highest BCUT2D eigenvalue weighted by atomic mass is 19.1. The number of hydrogen-bond donors (Lipinski definition) is 2. The lowest BCUT2D eigenvalue weighted by Gasteiger charge is -2.55. The Morgan fingerprint density at radius 2 is 1.91 bits per heavy atom. The number of imide groups is 2. The maximum atomic E-state index is 15.1. The van der Waals surface area contributed by atoms with Crippen LogP contribution in [-0.4, -0.2) is 52.2 Å². The van der Waals surface area contributed by atoms with Gasteiger partial charge in [0.25, 0.3) is 0 Å². The highest BCUT2D eigenvalue weighted by Crippen LogP contribution is 2.47. The number of aromatic nitrogens is 2. The Balaban J connectivity index is 1.65. The van der Waals surface area contributed by atoms with Crippen molar-refractivity contribution in [1.29, 1.82) is 0 Å². The standard InChI is InChI=1S/C23H22FN5O4/c1-12-11-29-17-9-16(24)14(4-5-18-25-6-7-28(18)3)8-15(17)10-23(19(29)13(2)33-12)20(30)26-22(32)27-21(23)31/h6-9,12-13,19H,10-11H2,1-3H3,(H2,26,27,30,31,32)/t12-,13+,19-/m1/s1. The summed E-state index contributed by atoms with van der Waals surface area (Å²) in [5.41, 5.74) is -0.293. The van der Waals surface area contributed by atoms with Gasteiger partial charge >= 0.3 is 6.03 Å². The summed E-state index contributed by atoms with van der Waals surface area (Å²) in [6.07, 6.45) is 2.59. The molecule has 0 radical (unpaired) electrons. The highest BCUT2D eigenvalue weighted by Gasteiger charge is 2.62. The van der Waals surface area contributed by atoms with Crippen LogP contribution in [0.15, 0.2) is 24.5 Å². The number of aryl methyl sites for hydroxylation is 1. The second kappa shape index (κ2) is 7.42. The Kier molecular flexibility index (Phi) is 4.76. The summed E-state index contributed by atoms with van der Waals surface area (Å²) in [6, 6.07) is 1.40. The van der Waals surface area contributed by atoms with Gasteiger partial charge in [-0.2, -0.15) is 0 Å². The van der Waals surface area contributed by atoms with E-state index in [-0.39, 0.29) is 18.1 Å². The summed E-state index contributed by atoms with van der Waals surface area (Å²) in [6.45, 7) is 4.01. The number of halogens is 1. The minimum atomic E-state index is -1.61. The topological polar surface area (TPSA) is 106 Å². The fourth-order valence-electron chi connectivity index (χ4n) is 5.16. The molecular formula is C23H22FN5O4. The Morgan fingerprint density at radius 1 is 1.18 bits per heavy atom. The monoisotopic (exact) mass is 451 g/mol. The van der Waals surface area contributed by atoms with Crippen molar-refractivity contribution in [3.8, 4) is 11.8 Å². The molecule has 5 rings (SSSR count). The molecule has 4 amide bonds.